The van der Waals surface area contributed by atoms with Crippen LogP contribution in [0.2, 0.25) is 0 Å². The zero-order chi connectivity index (χ0) is 13.2. The van der Waals surface area contributed by atoms with E-state index in [1.165, 1.54) is 0 Å². The minimum absolute atomic E-state index is 0.609. The van der Waals surface area contributed by atoms with Crippen molar-refractivity contribution >= 4 is 5.97 Å². The molecule has 0 amide bonds. The standard InChI is InChI=1S/C8H11F3O6/c9-8(10,11)7(15)16-2-4-6(14)5(13)3(1-12)17-4/h3-6,12-14H,1-2H2/t3-,4-,5-,6-/m1/s1. The van der Waals surface area contributed by atoms with Crippen LogP contribution < -0.4 is 0 Å². The first-order valence-electron chi connectivity index (χ1n) is 4.63. The predicted molar refractivity (Wildman–Crippen MR) is 44.8 cm³/mol. The minimum atomic E-state index is -5.13. The van der Waals surface area contributed by atoms with E-state index in [-0.39, 0.29) is 0 Å². The van der Waals surface area contributed by atoms with Crippen molar-refractivity contribution in [2.24, 2.45) is 0 Å². The third kappa shape index (κ3) is 3.28. The fraction of sp³-hybridized carbons (Fsp3) is 0.875. The molecule has 1 heterocycles. The average Bonchev–Trinajstić information content (AvgIpc) is 2.51. The van der Waals surface area contributed by atoms with Gasteiger partial charge < -0.3 is 24.8 Å². The van der Waals surface area contributed by atoms with E-state index in [4.69, 9.17) is 9.84 Å². The van der Waals surface area contributed by atoms with Gasteiger partial charge in [-0.2, -0.15) is 13.2 Å². The van der Waals surface area contributed by atoms with Gasteiger partial charge in [0.25, 0.3) is 0 Å². The highest BCUT2D eigenvalue weighted by Gasteiger charge is 2.45. The van der Waals surface area contributed by atoms with Gasteiger partial charge in [-0.05, 0) is 0 Å². The molecule has 1 rings (SSSR count). The molecule has 0 spiro atoms. The van der Waals surface area contributed by atoms with Crippen molar-refractivity contribution in [1.82, 2.24) is 0 Å². The largest absolute Gasteiger partial charge is 0.490 e. The van der Waals surface area contributed by atoms with Gasteiger partial charge >= 0.3 is 12.1 Å². The van der Waals surface area contributed by atoms with E-state index in [2.05, 4.69) is 4.74 Å². The molecule has 0 radical (unpaired) electrons. The van der Waals surface area contributed by atoms with E-state index >= 15 is 0 Å². The number of carbonyl (C=O) groups is 1. The Morgan fingerprint density at radius 1 is 1.24 bits per heavy atom. The number of ether oxygens (including phenoxy) is 2. The molecular formula is C8H11F3O6. The van der Waals surface area contributed by atoms with Crippen LogP contribution in [0.25, 0.3) is 0 Å². The molecule has 17 heavy (non-hydrogen) atoms. The Hall–Kier alpha value is -0.900. The van der Waals surface area contributed by atoms with Crippen molar-refractivity contribution in [2.45, 2.75) is 30.6 Å². The van der Waals surface area contributed by atoms with Gasteiger partial charge in [-0.3, -0.25) is 0 Å². The lowest BCUT2D eigenvalue weighted by atomic mass is 10.1. The average molecular weight is 260 g/mol. The van der Waals surface area contributed by atoms with Crippen LogP contribution in [0.5, 0.6) is 0 Å². The van der Waals surface area contributed by atoms with Gasteiger partial charge in [-0.25, -0.2) is 4.79 Å². The zero-order valence-electron chi connectivity index (χ0n) is 8.42. The Morgan fingerprint density at radius 2 is 1.76 bits per heavy atom. The highest BCUT2D eigenvalue weighted by atomic mass is 19.4. The van der Waals surface area contributed by atoms with E-state index in [9.17, 15) is 28.2 Å². The first-order valence-corrected chi connectivity index (χ1v) is 4.63. The van der Waals surface area contributed by atoms with E-state index in [0.29, 0.717) is 0 Å². The molecule has 6 nitrogen and oxygen atoms in total. The summed E-state index contributed by atoms with van der Waals surface area (Å²) in [6.45, 7) is -1.46. The smallest absolute Gasteiger partial charge is 0.456 e. The maximum atomic E-state index is 11.8. The summed E-state index contributed by atoms with van der Waals surface area (Å²) in [5.74, 6) is -2.41. The van der Waals surface area contributed by atoms with Gasteiger partial charge in [-0.1, -0.05) is 0 Å². The second-order valence-corrected chi connectivity index (χ2v) is 3.47. The molecule has 1 saturated heterocycles. The number of aliphatic hydroxyl groups excluding tert-OH is 3. The van der Waals surface area contributed by atoms with Crippen LogP contribution in [0, 0.1) is 0 Å². The molecule has 0 bridgehead atoms. The maximum Gasteiger partial charge on any atom is 0.490 e. The number of aliphatic hydroxyl groups is 3. The van der Waals surface area contributed by atoms with Crippen LogP contribution in [0.3, 0.4) is 0 Å². The molecule has 0 saturated carbocycles. The first-order chi connectivity index (χ1) is 7.77. The number of rotatable bonds is 3. The number of hydrogen-bond acceptors (Lipinski definition) is 6. The molecule has 4 atom stereocenters. The van der Waals surface area contributed by atoms with Gasteiger partial charge in [-0.15, -0.1) is 0 Å². The molecule has 0 aromatic heterocycles. The zero-order valence-corrected chi connectivity index (χ0v) is 8.42. The molecule has 0 aromatic carbocycles. The lowest BCUT2D eigenvalue weighted by Gasteiger charge is -2.15. The van der Waals surface area contributed by atoms with Crippen LogP contribution in [-0.2, 0) is 14.3 Å². The maximum absolute atomic E-state index is 11.8. The van der Waals surface area contributed by atoms with E-state index in [1.807, 2.05) is 0 Å². The minimum Gasteiger partial charge on any atom is -0.456 e. The summed E-state index contributed by atoms with van der Waals surface area (Å²) in [6.07, 6.45) is -10.5. The van der Waals surface area contributed by atoms with E-state index in [0.717, 1.165) is 0 Å². The molecule has 1 fully saturated rings. The first kappa shape index (κ1) is 14.2. The van der Waals surface area contributed by atoms with Crippen molar-refractivity contribution in [3.05, 3.63) is 0 Å². The van der Waals surface area contributed by atoms with Gasteiger partial charge in [0.2, 0.25) is 0 Å². The third-order valence-corrected chi connectivity index (χ3v) is 2.25. The van der Waals surface area contributed by atoms with Crippen LogP contribution in [0.15, 0.2) is 0 Å². The number of halogens is 3. The third-order valence-electron chi connectivity index (χ3n) is 2.25. The van der Waals surface area contributed by atoms with Gasteiger partial charge in [0, 0.05) is 0 Å². The quantitative estimate of drug-likeness (QED) is 0.539. The van der Waals surface area contributed by atoms with Gasteiger partial charge in [0.1, 0.15) is 31.0 Å². The molecule has 3 N–H and O–H groups in total. The summed E-state index contributed by atoms with van der Waals surface area (Å²) in [5.41, 5.74) is 0. The summed E-state index contributed by atoms with van der Waals surface area (Å²) < 4.78 is 44.0. The van der Waals surface area contributed by atoms with Crippen molar-refractivity contribution in [3.63, 3.8) is 0 Å². The predicted octanol–water partition coefficient (Wildman–Crippen LogP) is -1.43. The molecule has 9 heteroatoms. The molecular weight excluding hydrogens is 249 g/mol. The topological polar surface area (TPSA) is 96.2 Å². The van der Waals surface area contributed by atoms with Gasteiger partial charge in [0.05, 0.1) is 6.61 Å². The Bertz CT molecular complexity index is 281. The number of alkyl halides is 3. The molecule has 1 aliphatic rings. The number of carbonyl (C=O) groups excluding carboxylic acids is 1. The summed E-state index contributed by atoms with van der Waals surface area (Å²) in [5, 5.41) is 27.3. The summed E-state index contributed by atoms with van der Waals surface area (Å²) >= 11 is 0. The Balaban J connectivity index is 2.46. The summed E-state index contributed by atoms with van der Waals surface area (Å²) in [4.78, 5) is 10.4. The summed E-state index contributed by atoms with van der Waals surface area (Å²) in [7, 11) is 0. The molecule has 0 aromatic rings. The number of hydrogen-bond donors (Lipinski definition) is 3. The Kier molecular flexibility index (Phi) is 4.31. The van der Waals surface area contributed by atoms with Crippen molar-refractivity contribution in [2.75, 3.05) is 13.2 Å². The second-order valence-electron chi connectivity index (χ2n) is 3.47. The monoisotopic (exact) mass is 260 g/mol. The lowest BCUT2D eigenvalue weighted by Crippen LogP contribution is -2.36. The van der Waals surface area contributed by atoms with Crippen molar-refractivity contribution < 1.29 is 42.8 Å². The summed E-state index contributed by atoms with van der Waals surface area (Å²) in [6, 6.07) is 0. The molecule has 0 aliphatic carbocycles. The SMILES string of the molecule is O=C(OC[C@H]1O[C@H](CO)[C@@H](O)[C@@H]1O)C(F)(F)F. The van der Waals surface area contributed by atoms with E-state index < -0.39 is 49.8 Å². The fourth-order valence-corrected chi connectivity index (χ4v) is 1.35. The lowest BCUT2D eigenvalue weighted by molar-refractivity contribution is -0.203. The van der Waals surface area contributed by atoms with E-state index in [1.54, 1.807) is 0 Å². The Labute approximate surface area is 93.6 Å². The van der Waals surface area contributed by atoms with Crippen LogP contribution in [0.4, 0.5) is 13.2 Å². The van der Waals surface area contributed by atoms with Crippen molar-refractivity contribution in [3.8, 4) is 0 Å². The highest BCUT2D eigenvalue weighted by Crippen LogP contribution is 2.23. The fourth-order valence-electron chi connectivity index (χ4n) is 1.35. The van der Waals surface area contributed by atoms with Crippen LogP contribution in [0.1, 0.15) is 0 Å². The van der Waals surface area contributed by atoms with Gasteiger partial charge in [0.15, 0.2) is 0 Å². The highest BCUT2D eigenvalue weighted by molar-refractivity contribution is 5.75. The normalized spacial score (nSPS) is 33.8. The number of esters is 1. The molecule has 0 unspecified atom stereocenters. The van der Waals surface area contributed by atoms with Crippen LogP contribution >= 0.6 is 0 Å². The van der Waals surface area contributed by atoms with Crippen LogP contribution in [-0.4, -0.2) is 65.1 Å². The van der Waals surface area contributed by atoms with Crippen molar-refractivity contribution in [1.29, 1.82) is 0 Å². The Morgan fingerprint density at radius 3 is 2.18 bits per heavy atom. The molecule has 100 valence electrons. The molecule has 1 aliphatic heterocycles. The second kappa shape index (κ2) is 5.17.